The Morgan fingerprint density at radius 1 is 1.28 bits per heavy atom. The maximum Gasteiger partial charge on any atom is 0.349 e. The number of carbonyl (C=O) groups is 1. The summed E-state index contributed by atoms with van der Waals surface area (Å²) in [4.78, 5) is 29.5. The minimum absolute atomic E-state index is 0.267. The normalized spacial score (nSPS) is 15.7. The molecule has 2 heterocycles. The fourth-order valence-electron chi connectivity index (χ4n) is 3.57. The van der Waals surface area contributed by atoms with Crippen LogP contribution in [0.4, 0.5) is 5.82 Å². The second-order valence-electron chi connectivity index (χ2n) is 7.56. The van der Waals surface area contributed by atoms with Crippen LogP contribution in [0.2, 0.25) is 0 Å². The van der Waals surface area contributed by atoms with Crippen molar-refractivity contribution in [2.75, 3.05) is 25.9 Å². The van der Waals surface area contributed by atoms with Crippen LogP contribution in [0.15, 0.2) is 41.3 Å². The molecule has 1 aliphatic heterocycles. The summed E-state index contributed by atoms with van der Waals surface area (Å²) in [5.41, 5.74) is 8.49. The zero-order valence-electron chi connectivity index (χ0n) is 17.0. The third kappa shape index (κ3) is 5.77. The molecule has 29 heavy (non-hydrogen) atoms. The van der Waals surface area contributed by atoms with Gasteiger partial charge in [-0.1, -0.05) is 24.3 Å². The Labute approximate surface area is 170 Å². The van der Waals surface area contributed by atoms with Crippen molar-refractivity contribution in [2.45, 2.75) is 32.9 Å². The third-order valence-electron chi connectivity index (χ3n) is 5.38. The highest BCUT2D eigenvalue weighted by atomic mass is 16.5. The number of aromatic nitrogens is 2. The molecule has 0 saturated carbocycles. The number of nitrogens with zero attached hydrogens (tertiary/aromatic N) is 3. The fraction of sp³-hybridized carbons (Fsp3) is 0.409. The first-order valence-electron chi connectivity index (χ1n) is 9.85. The van der Waals surface area contributed by atoms with Crippen molar-refractivity contribution in [3.63, 3.8) is 0 Å². The molecule has 2 N–H and O–H groups in total. The van der Waals surface area contributed by atoms with Crippen molar-refractivity contribution < 1.29 is 9.53 Å². The highest BCUT2D eigenvalue weighted by molar-refractivity contribution is 5.86. The summed E-state index contributed by atoms with van der Waals surface area (Å²) in [6.45, 7) is 5.48. The molecule has 7 nitrogen and oxygen atoms in total. The molecule has 3 rings (SSSR count). The van der Waals surface area contributed by atoms with Gasteiger partial charge in [-0.15, -0.1) is 0 Å². The van der Waals surface area contributed by atoms with Crippen LogP contribution in [0.1, 0.15) is 29.5 Å². The highest BCUT2D eigenvalue weighted by Gasteiger charge is 2.20. The number of benzene rings is 1. The van der Waals surface area contributed by atoms with E-state index in [0.29, 0.717) is 18.3 Å². The van der Waals surface area contributed by atoms with Crippen LogP contribution < -0.4 is 11.4 Å². The maximum absolute atomic E-state index is 12.0. The lowest BCUT2D eigenvalue weighted by molar-refractivity contribution is -0.134. The Hall–Kier alpha value is -2.93. The van der Waals surface area contributed by atoms with Crippen molar-refractivity contribution in [1.29, 1.82) is 0 Å². The van der Waals surface area contributed by atoms with Crippen LogP contribution in [-0.4, -0.2) is 40.6 Å². The molecule has 0 bridgehead atoms. The zero-order valence-corrected chi connectivity index (χ0v) is 17.0. The van der Waals surface area contributed by atoms with E-state index < -0.39 is 0 Å². The van der Waals surface area contributed by atoms with E-state index in [1.54, 1.807) is 10.6 Å². The van der Waals surface area contributed by atoms with Gasteiger partial charge in [-0.2, -0.15) is 4.98 Å². The number of methoxy groups -OCH3 is 1. The van der Waals surface area contributed by atoms with E-state index in [1.807, 2.05) is 25.3 Å². The molecule has 1 fully saturated rings. The minimum Gasteiger partial charge on any atom is -0.466 e. The number of hydrogen-bond acceptors (Lipinski definition) is 6. The van der Waals surface area contributed by atoms with Crippen molar-refractivity contribution >= 4 is 17.9 Å². The van der Waals surface area contributed by atoms with Crippen LogP contribution in [0.3, 0.4) is 0 Å². The predicted molar refractivity (Wildman–Crippen MR) is 113 cm³/mol. The molecule has 1 saturated heterocycles. The topological polar surface area (TPSA) is 90.4 Å². The second kappa shape index (κ2) is 9.52. The average molecular weight is 396 g/mol. The number of ether oxygens (including phenoxy) is 1. The van der Waals surface area contributed by atoms with Gasteiger partial charge in [0.15, 0.2) is 0 Å². The second-order valence-corrected chi connectivity index (χ2v) is 7.56. The summed E-state index contributed by atoms with van der Waals surface area (Å²) in [6, 6.07) is 8.19. The lowest BCUT2D eigenvalue weighted by atomic mass is 9.96. The van der Waals surface area contributed by atoms with Crippen LogP contribution in [0.25, 0.3) is 6.08 Å². The Morgan fingerprint density at radius 2 is 1.97 bits per heavy atom. The SMILES string of the molecule is COC(=O)/C=C/c1ccc(CN2CCC(Cn3cc(C)c(N)nc3=O)CC2)cc1. The molecule has 0 radical (unpaired) electrons. The Kier molecular flexibility index (Phi) is 6.82. The third-order valence-corrected chi connectivity index (χ3v) is 5.38. The number of likely N-dealkylation sites (tertiary alicyclic amines) is 1. The van der Waals surface area contributed by atoms with Gasteiger partial charge in [0.1, 0.15) is 5.82 Å². The number of piperidine rings is 1. The quantitative estimate of drug-likeness (QED) is 0.595. The number of aryl methyl sites for hydroxylation is 1. The minimum atomic E-state index is -0.357. The first-order valence-corrected chi connectivity index (χ1v) is 9.85. The summed E-state index contributed by atoms with van der Waals surface area (Å²) in [5, 5.41) is 0. The number of esters is 1. The Balaban J connectivity index is 1.50. The Morgan fingerprint density at radius 3 is 2.62 bits per heavy atom. The summed E-state index contributed by atoms with van der Waals surface area (Å²) in [6.07, 6.45) is 7.08. The van der Waals surface area contributed by atoms with E-state index in [2.05, 4.69) is 26.8 Å². The van der Waals surface area contributed by atoms with Crippen molar-refractivity contribution in [3.05, 3.63) is 63.7 Å². The lowest BCUT2D eigenvalue weighted by Crippen LogP contribution is -2.36. The van der Waals surface area contributed by atoms with Gasteiger partial charge in [-0.05, 0) is 56.0 Å². The van der Waals surface area contributed by atoms with Gasteiger partial charge in [-0.3, -0.25) is 9.47 Å². The predicted octanol–water partition coefficient (Wildman–Crippen LogP) is 2.23. The number of nitrogen functional groups attached to an aromatic ring is 1. The van der Waals surface area contributed by atoms with E-state index in [4.69, 9.17) is 5.73 Å². The van der Waals surface area contributed by atoms with Gasteiger partial charge < -0.3 is 10.5 Å². The first kappa shape index (κ1) is 20.8. The Bertz CT molecular complexity index is 926. The molecule has 0 atom stereocenters. The molecule has 7 heteroatoms. The van der Waals surface area contributed by atoms with E-state index in [-0.39, 0.29) is 11.7 Å². The summed E-state index contributed by atoms with van der Waals surface area (Å²) < 4.78 is 6.29. The van der Waals surface area contributed by atoms with Crippen LogP contribution in [-0.2, 0) is 22.6 Å². The van der Waals surface area contributed by atoms with E-state index in [9.17, 15) is 9.59 Å². The average Bonchev–Trinajstić information content (AvgIpc) is 2.72. The summed E-state index contributed by atoms with van der Waals surface area (Å²) >= 11 is 0. The van der Waals surface area contributed by atoms with E-state index in [0.717, 1.165) is 43.6 Å². The molecule has 2 aromatic rings. The van der Waals surface area contributed by atoms with Gasteiger partial charge in [0.05, 0.1) is 7.11 Å². The number of rotatable bonds is 6. The first-order chi connectivity index (χ1) is 13.9. The van der Waals surface area contributed by atoms with Crippen molar-refractivity contribution in [2.24, 2.45) is 5.92 Å². The molecule has 0 aliphatic carbocycles. The molecule has 0 spiro atoms. The highest BCUT2D eigenvalue weighted by Crippen LogP contribution is 2.21. The standard InChI is InChI=1S/C22H28N4O3/c1-16-13-26(22(28)24-21(16)23)15-19-9-11-25(12-10-19)14-18-5-3-17(4-6-18)7-8-20(27)29-2/h3-8,13,19H,9-12,14-15H2,1-2H3,(H2,23,24,28)/b8-7+. The smallest absolute Gasteiger partial charge is 0.349 e. The van der Waals surface area contributed by atoms with Crippen LogP contribution in [0, 0.1) is 12.8 Å². The van der Waals surface area contributed by atoms with Crippen molar-refractivity contribution in [1.82, 2.24) is 14.5 Å². The lowest BCUT2D eigenvalue weighted by Gasteiger charge is -2.32. The van der Waals surface area contributed by atoms with Crippen molar-refractivity contribution in [3.8, 4) is 0 Å². The van der Waals surface area contributed by atoms with Crippen LogP contribution >= 0.6 is 0 Å². The number of anilines is 1. The summed E-state index contributed by atoms with van der Waals surface area (Å²) in [5.74, 6) is 0.427. The number of hydrogen-bond donors (Lipinski definition) is 1. The number of nitrogens with two attached hydrogens (primary N) is 1. The number of carbonyl (C=O) groups excluding carboxylic acids is 1. The maximum atomic E-state index is 12.0. The van der Waals surface area contributed by atoms with E-state index in [1.165, 1.54) is 18.7 Å². The molecular formula is C22H28N4O3. The molecule has 1 aliphatic rings. The van der Waals surface area contributed by atoms with Crippen LogP contribution in [0.5, 0.6) is 0 Å². The molecule has 0 amide bonds. The summed E-state index contributed by atoms with van der Waals surface area (Å²) in [7, 11) is 1.37. The van der Waals surface area contributed by atoms with Gasteiger partial charge >= 0.3 is 11.7 Å². The van der Waals surface area contributed by atoms with Gasteiger partial charge in [0.25, 0.3) is 0 Å². The molecule has 1 aromatic heterocycles. The van der Waals surface area contributed by atoms with Gasteiger partial charge in [-0.25, -0.2) is 9.59 Å². The monoisotopic (exact) mass is 396 g/mol. The fourth-order valence-corrected chi connectivity index (χ4v) is 3.57. The molecule has 1 aromatic carbocycles. The molecule has 0 unspecified atom stereocenters. The zero-order chi connectivity index (χ0) is 20.8. The van der Waals surface area contributed by atoms with Gasteiger partial charge in [0.2, 0.25) is 0 Å². The molecule has 154 valence electrons. The van der Waals surface area contributed by atoms with Gasteiger partial charge in [0, 0.05) is 30.9 Å². The molecular weight excluding hydrogens is 368 g/mol. The largest absolute Gasteiger partial charge is 0.466 e. The van der Waals surface area contributed by atoms with E-state index >= 15 is 0 Å².